The van der Waals surface area contributed by atoms with Gasteiger partial charge in [0.2, 0.25) is 0 Å². The van der Waals surface area contributed by atoms with E-state index in [0.717, 1.165) is 18.5 Å². The largest absolute Gasteiger partial charge is 0.392 e. The molecule has 22 heavy (non-hydrogen) atoms. The number of hydrogen-bond acceptors (Lipinski definition) is 5. The minimum absolute atomic E-state index is 0. The molecule has 0 spiro atoms. The average Bonchev–Trinajstić information content (AvgIpc) is 3.26. The maximum absolute atomic E-state index is 13.1. The Morgan fingerprint density at radius 3 is 2.59 bits per heavy atom. The van der Waals surface area contributed by atoms with E-state index >= 15 is 0 Å². The number of aliphatic hydroxyl groups is 1. The first-order valence-corrected chi connectivity index (χ1v) is 7.88. The second kappa shape index (κ2) is 7.41. The van der Waals surface area contributed by atoms with Crippen LogP contribution in [-0.4, -0.2) is 31.7 Å². The van der Waals surface area contributed by atoms with E-state index in [2.05, 4.69) is 10.2 Å². The molecule has 0 aliphatic heterocycles. The fourth-order valence-corrected chi connectivity index (χ4v) is 3.18. The average molecular weight is 345 g/mol. The van der Waals surface area contributed by atoms with Crippen LogP contribution in [0.2, 0.25) is 0 Å². The molecule has 0 amide bonds. The Labute approximate surface area is 138 Å². The van der Waals surface area contributed by atoms with Crippen LogP contribution in [0.4, 0.5) is 4.39 Å². The van der Waals surface area contributed by atoms with Crippen LogP contribution in [0.15, 0.2) is 29.4 Å². The van der Waals surface area contributed by atoms with Crippen molar-refractivity contribution in [2.24, 2.45) is 11.7 Å². The molecule has 5 nitrogen and oxygen atoms in total. The molecule has 0 bridgehead atoms. The standard InChI is InChI=1S/C14H17FN4OS.ClH/c15-10-3-5-11(6-4-10)19-13(7-16)17-18-14(19)21-8-12(20)9-1-2-9;/h3-6,9,12,20H,1-2,7-8,16H2;1H. The third kappa shape index (κ3) is 3.78. The summed E-state index contributed by atoms with van der Waals surface area (Å²) in [5, 5.41) is 18.8. The van der Waals surface area contributed by atoms with E-state index in [9.17, 15) is 9.50 Å². The van der Waals surface area contributed by atoms with Gasteiger partial charge in [-0.15, -0.1) is 22.6 Å². The molecule has 3 rings (SSSR count). The summed E-state index contributed by atoms with van der Waals surface area (Å²) in [5.74, 6) is 1.33. The fraction of sp³-hybridized carbons (Fsp3) is 0.429. The number of halogens is 2. The molecule has 1 fully saturated rings. The molecule has 2 aromatic rings. The lowest BCUT2D eigenvalue weighted by Crippen LogP contribution is -2.13. The van der Waals surface area contributed by atoms with Gasteiger partial charge in [-0.1, -0.05) is 11.8 Å². The smallest absolute Gasteiger partial charge is 0.195 e. The summed E-state index contributed by atoms with van der Waals surface area (Å²) in [4.78, 5) is 0. The molecular weight excluding hydrogens is 327 g/mol. The summed E-state index contributed by atoms with van der Waals surface area (Å²) in [6.07, 6.45) is 1.88. The predicted octanol–water partition coefficient (Wildman–Crippen LogP) is 2.15. The van der Waals surface area contributed by atoms with Gasteiger partial charge < -0.3 is 10.8 Å². The lowest BCUT2D eigenvalue weighted by atomic mass is 10.3. The SMILES string of the molecule is Cl.NCc1nnc(SCC(O)C2CC2)n1-c1ccc(F)cc1. The third-order valence-electron chi connectivity index (χ3n) is 3.52. The van der Waals surface area contributed by atoms with Gasteiger partial charge in [0.25, 0.3) is 0 Å². The van der Waals surface area contributed by atoms with Crippen molar-refractivity contribution in [1.29, 1.82) is 0 Å². The molecule has 1 aromatic heterocycles. The van der Waals surface area contributed by atoms with E-state index in [0.29, 0.717) is 22.7 Å². The Hall–Kier alpha value is -1.15. The van der Waals surface area contributed by atoms with Gasteiger partial charge in [-0.05, 0) is 43.0 Å². The van der Waals surface area contributed by atoms with Crippen LogP contribution in [0, 0.1) is 11.7 Å². The van der Waals surface area contributed by atoms with Gasteiger partial charge in [-0.3, -0.25) is 4.57 Å². The lowest BCUT2D eigenvalue weighted by molar-refractivity contribution is 0.176. The second-order valence-electron chi connectivity index (χ2n) is 5.13. The first kappa shape index (κ1) is 17.2. The van der Waals surface area contributed by atoms with Gasteiger partial charge in [0.1, 0.15) is 5.82 Å². The maximum Gasteiger partial charge on any atom is 0.195 e. The number of rotatable bonds is 6. The predicted molar refractivity (Wildman–Crippen MR) is 85.9 cm³/mol. The number of benzene rings is 1. The molecule has 1 heterocycles. The maximum atomic E-state index is 13.1. The van der Waals surface area contributed by atoms with Crippen LogP contribution in [-0.2, 0) is 6.54 Å². The Morgan fingerprint density at radius 1 is 1.32 bits per heavy atom. The van der Waals surface area contributed by atoms with Crippen LogP contribution in [0.5, 0.6) is 0 Å². The number of nitrogens with two attached hydrogens (primary N) is 1. The van der Waals surface area contributed by atoms with Crippen molar-refractivity contribution in [3.05, 3.63) is 35.9 Å². The van der Waals surface area contributed by atoms with Crippen molar-refractivity contribution in [2.75, 3.05) is 5.75 Å². The monoisotopic (exact) mass is 344 g/mol. The van der Waals surface area contributed by atoms with Crippen LogP contribution in [0.25, 0.3) is 5.69 Å². The number of thioether (sulfide) groups is 1. The Bertz CT molecular complexity index is 618. The zero-order valence-corrected chi connectivity index (χ0v) is 13.5. The molecule has 1 aromatic carbocycles. The Morgan fingerprint density at radius 2 is 2.00 bits per heavy atom. The molecule has 3 N–H and O–H groups in total. The molecule has 120 valence electrons. The highest BCUT2D eigenvalue weighted by Gasteiger charge is 2.30. The van der Waals surface area contributed by atoms with Crippen LogP contribution < -0.4 is 5.73 Å². The molecule has 0 saturated heterocycles. The summed E-state index contributed by atoms with van der Waals surface area (Å²) >= 11 is 1.45. The van der Waals surface area contributed by atoms with Gasteiger partial charge in [-0.25, -0.2) is 4.39 Å². The fourth-order valence-electron chi connectivity index (χ4n) is 2.15. The van der Waals surface area contributed by atoms with Gasteiger partial charge in [0.15, 0.2) is 11.0 Å². The minimum Gasteiger partial charge on any atom is -0.392 e. The first-order chi connectivity index (χ1) is 10.2. The van der Waals surface area contributed by atoms with Gasteiger partial charge in [0, 0.05) is 11.4 Å². The molecule has 1 saturated carbocycles. The molecular formula is C14H18ClFN4OS. The van der Waals surface area contributed by atoms with E-state index < -0.39 is 0 Å². The second-order valence-corrected chi connectivity index (χ2v) is 6.12. The van der Waals surface area contributed by atoms with Gasteiger partial charge >= 0.3 is 0 Å². The van der Waals surface area contributed by atoms with Crippen LogP contribution in [0.1, 0.15) is 18.7 Å². The molecule has 1 unspecified atom stereocenters. The highest BCUT2D eigenvalue weighted by molar-refractivity contribution is 7.99. The summed E-state index contributed by atoms with van der Waals surface area (Å²) < 4.78 is 14.9. The number of aliphatic hydroxyl groups excluding tert-OH is 1. The van der Waals surface area contributed by atoms with Crippen molar-refractivity contribution >= 4 is 24.2 Å². The first-order valence-electron chi connectivity index (χ1n) is 6.90. The van der Waals surface area contributed by atoms with E-state index in [1.165, 1.54) is 23.9 Å². The normalized spacial score (nSPS) is 15.4. The number of hydrogen-bond donors (Lipinski definition) is 2. The summed E-state index contributed by atoms with van der Waals surface area (Å²) in [6, 6.07) is 6.12. The van der Waals surface area contributed by atoms with Gasteiger partial charge in [-0.2, -0.15) is 0 Å². The Balaban J connectivity index is 0.00000176. The summed E-state index contributed by atoms with van der Waals surface area (Å²) in [7, 11) is 0. The van der Waals surface area contributed by atoms with Crippen molar-refractivity contribution in [3.63, 3.8) is 0 Å². The van der Waals surface area contributed by atoms with Crippen molar-refractivity contribution in [2.45, 2.75) is 30.6 Å². The highest BCUT2D eigenvalue weighted by Crippen LogP contribution is 2.35. The molecule has 8 heteroatoms. The Kier molecular flexibility index (Phi) is 5.80. The summed E-state index contributed by atoms with van der Waals surface area (Å²) in [5.41, 5.74) is 6.46. The van der Waals surface area contributed by atoms with Crippen LogP contribution >= 0.6 is 24.2 Å². The van der Waals surface area contributed by atoms with E-state index in [-0.39, 0.29) is 30.9 Å². The molecule has 1 aliphatic rings. The van der Waals surface area contributed by atoms with E-state index in [1.54, 1.807) is 12.1 Å². The number of nitrogens with zero attached hydrogens (tertiary/aromatic N) is 3. The summed E-state index contributed by atoms with van der Waals surface area (Å²) in [6.45, 7) is 0.246. The topological polar surface area (TPSA) is 77.0 Å². The lowest BCUT2D eigenvalue weighted by Gasteiger charge is -2.11. The quantitative estimate of drug-likeness (QED) is 0.785. The van der Waals surface area contributed by atoms with Crippen molar-refractivity contribution < 1.29 is 9.50 Å². The molecule has 0 radical (unpaired) electrons. The molecule has 1 atom stereocenters. The minimum atomic E-state index is -0.310. The zero-order valence-electron chi connectivity index (χ0n) is 11.9. The highest BCUT2D eigenvalue weighted by atomic mass is 35.5. The zero-order chi connectivity index (χ0) is 14.8. The van der Waals surface area contributed by atoms with Gasteiger partial charge in [0.05, 0.1) is 12.6 Å². The van der Waals surface area contributed by atoms with Crippen molar-refractivity contribution in [1.82, 2.24) is 14.8 Å². The van der Waals surface area contributed by atoms with E-state index in [4.69, 9.17) is 5.73 Å². The number of aromatic nitrogens is 3. The van der Waals surface area contributed by atoms with E-state index in [1.807, 2.05) is 4.57 Å². The van der Waals surface area contributed by atoms with Crippen LogP contribution in [0.3, 0.4) is 0 Å². The third-order valence-corrected chi connectivity index (χ3v) is 4.55. The van der Waals surface area contributed by atoms with Crippen molar-refractivity contribution in [3.8, 4) is 5.69 Å². The molecule has 1 aliphatic carbocycles.